The lowest BCUT2D eigenvalue weighted by molar-refractivity contribution is 0.541. The first-order valence-corrected chi connectivity index (χ1v) is 17.2. The van der Waals surface area contributed by atoms with Crippen LogP contribution in [0, 0.1) is 0 Å². The van der Waals surface area contributed by atoms with Crippen LogP contribution in [0.25, 0.3) is 0 Å². The first-order valence-electron chi connectivity index (χ1n) is 6.23. The Balaban J connectivity index is 3.98. The SMILES string of the molecule is CCC(SSSSC(CC)[Si](C)(C)O)[Si](C)(C)O. The van der Waals surface area contributed by atoms with Crippen LogP contribution in [0.4, 0.5) is 0 Å². The Bertz CT molecular complexity index is 207. The van der Waals surface area contributed by atoms with E-state index in [-0.39, 0.29) is 0 Å². The lowest BCUT2D eigenvalue weighted by atomic mass is 10.6. The van der Waals surface area contributed by atoms with E-state index in [1.807, 2.05) is 26.2 Å². The maximum atomic E-state index is 10.1. The molecule has 110 valence electrons. The maximum Gasteiger partial charge on any atom is 0.196 e. The molecule has 0 rings (SSSR count). The van der Waals surface area contributed by atoms with Crippen molar-refractivity contribution in [3.8, 4) is 0 Å². The second kappa shape index (κ2) is 8.91. The van der Waals surface area contributed by atoms with E-state index in [2.05, 4.69) is 13.8 Å². The van der Waals surface area contributed by atoms with E-state index >= 15 is 0 Å². The minimum atomic E-state index is -2.03. The Morgan fingerprint density at radius 3 is 1.22 bits per heavy atom. The first-order chi connectivity index (χ1) is 8.12. The van der Waals surface area contributed by atoms with Crippen LogP contribution in [0.3, 0.4) is 0 Å². The normalized spacial score (nSPS) is 16.7. The molecule has 0 aliphatic carbocycles. The largest absolute Gasteiger partial charge is 0.431 e. The lowest BCUT2D eigenvalue weighted by Crippen LogP contribution is -2.38. The molecule has 0 heterocycles. The third-order valence-electron chi connectivity index (χ3n) is 2.66. The topological polar surface area (TPSA) is 40.5 Å². The second-order valence-corrected chi connectivity index (χ2v) is 20.5. The average Bonchev–Trinajstić information content (AvgIpc) is 2.19. The summed E-state index contributed by atoms with van der Waals surface area (Å²) in [4.78, 5) is 21.0. The molecule has 18 heavy (non-hydrogen) atoms. The zero-order valence-corrected chi connectivity index (χ0v) is 17.4. The predicted molar refractivity (Wildman–Crippen MR) is 97.9 cm³/mol. The van der Waals surface area contributed by atoms with Crippen LogP contribution >= 0.6 is 41.2 Å². The quantitative estimate of drug-likeness (QED) is 0.352. The third kappa shape index (κ3) is 8.13. The predicted octanol–water partition coefficient (Wildman–Crippen LogP) is 4.69. The third-order valence-corrected chi connectivity index (χ3v) is 18.6. The molecule has 0 aliphatic rings. The average molecular weight is 363 g/mol. The van der Waals surface area contributed by atoms with Crippen LogP contribution in [-0.2, 0) is 0 Å². The standard InChI is InChI=1S/C10H26O2S4Si2/c1-7-9(17(3,4)11)13-15-16-14-10(8-2)18(5,6)12/h9-12H,7-8H2,1-6H3. The molecule has 8 heteroatoms. The van der Waals surface area contributed by atoms with E-state index in [1.54, 1.807) is 41.2 Å². The van der Waals surface area contributed by atoms with Gasteiger partial charge in [0.2, 0.25) is 0 Å². The van der Waals surface area contributed by atoms with Gasteiger partial charge in [0.05, 0.1) is 0 Å². The molecule has 0 radical (unpaired) electrons. The molecule has 0 amide bonds. The summed E-state index contributed by atoms with van der Waals surface area (Å²) in [7, 11) is 3.04. The highest BCUT2D eigenvalue weighted by Crippen LogP contribution is 2.49. The van der Waals surface area contributed by atoms with Gasteiger partial charge in [-0.1, -0.05) is 35.4 Å². The lowest BCUT2D eigenvalue weighted by Gasteiger charge is -2.26. The summed E-state index contributed by atoms with van der Waals surface area (Å²) in [6.45, 7) is 12.3. The molecule has 0 spiro atoms. The Morgan fingerprint density at radius 1 is 0.778 bits per heavy atom. The van der Waals surface area contributed by atoms with Crippen molar-refractivity contribution in [2.75, 3.05) is 0 Å². The summed E-state index contributed by atoms with van der Waals surface area (Å²) in [6, 6.07) is 0. The molecule has 0 aromatic carbocycles. The molecule has 0 aliphatic heterocycles. The van der Waals surface area contributed by atoms with Gasteiger partial charge in [0, 0.05) is 9.75 Å². The van der Waals surface area contributed by atoms with Gasteiger partial charge in [-0.25, -0.2) is 0 Å². The van der Waals surface area contributed by atoms with Crippen LogP contribution < -0.4 is 0 Å². The van der Waals surface area contributed by atoms with Crippen LogP contribution in [-0.4, -0.2) is 36.0 Å². The van der Waals surface area contributed by atoms with E-state index < -0.39 is 16.6 Å². The zero-order chi connectivity index (χ0) is 14.4. The highest BCUT2D eigenvalue weighted by Gasteiger charge is 2.31. The molecule has 0 aromatic rings. The first kappa shape index (κ1) is 19.8. The smallest absolute Gasteiger partial charge is 0.196 e. The van der Waals surface area contributed by atoms with E-state index in [4.69, 9.17) is 0 Å². The van der Waals surface area contributed by atoms with Crippen molar-refractivity contribution in [2.45, 2.75) is 62.6 Å². The number of hydrogen-bond acceptors (Lipinski definition) is 6. The minimum Gasteiger partial charge on any atom is -0.431 e. The molecule has 0 fully saturated rings. The van der Waals surface area contributed by atoms with Crippen molar-refractivity contribution in [2.24, 2.45) is 0 Å². The van der Waals surface area contributed by atoms with Crippen molar-refractivity contribution in [3.05, 3.63) is 0 Å². The summed E-state index contributed by atoms with van der Waals surface area (Å²) < 4.78 is 0. The van der Waals surface area contributed by atoms with Crippen molar-refractivity contribution < 1.29 is 9.59 Å². The van der Waals surface area contributed by atoms with Crippen molar-refractivity contribution in [3.63, 3.8) is 0 Å². The fourth-order valence-electron chi connectivity index (χ4n) is 1.50. The summed E-state index contributed by atoms with van der Waals surface area (Å²) in [5.41, 5.74) is 0. The number of hydrogen-bond donors (Lipinski definition) is 2. The Hall–Kier alpha value is 1.75. The van der Waals surface area contributed by atoms with Crippen LogP contribution in [0.5, 0.6) is 0 Å². The Labute approximate surface area is 129 Å². The fourth-order valence-corrected chi connectivity index (χ4v) is 17.9. The molecule has 2 atom stereocenters. The minimum absolute atomic E-state index is 0.384. The Kier molecular flexibility index (Phi) is 9.78. The zero-order valence-electron chi connectivity index (χ0n) is 12.1. The molecule has 0 saturated carbocycles. The van der Waals surface area contributed by atoms with Gasteiger partial charge in [0.15, 0.2) is 16.6 Å². The molecule has 0 bridgehead atoms. The van der Waals surface area contributed by atoms with Crippen molar-refractivity contribution in [1.82, 2.24) is 0 Å². The highest BCUT2D eigenvalue weighted by atomic mass is 33.7. The highest BCUT2D eigenvalue weighted by molar-refractivity contribution is 9.26. The molecule has 2 unspecified atom stereocenters. The van der Waals surface area contributed by atoms with Crippen LogP contribution in [0.15, 0.2) is 0 Å². The van der Waals surface area contributed by atoms with Crippen molar-refractivity contribution in [1.29, 1.82) is 0 Å². The molecular formula is C10H26O2S4Si2. The Morgan fingerprint density at radius 2 is 1.06 bits per heavy atom. The second-order valence-electron chi connectivity index (χ2n) is 5.43. The maximum absolute atomic E-state index is 10.1. The van der Waals surface area contributed by atoms with Gasteiger partial charge in [-0.15, -0.1) is 0 Å². The molecule has 0 saturated heterocycles. The summed E-state index contributed by atoms with van der Waals surface area (Å²) in [5.74, 6) is 0. The van der Waals surface area contributed by atoms with E-state index in [0.29, 0.717) is 9.75 Å². The number of rotatable bonds is 9. The molecule has 2 N–H and O–H groups in total. The fraction of sp³-hybridized carbons (Fsp3) is 1.00. The van der Waals surface area contributed by atoms with Gasteiger partial charge in [-0.3, -0.25) is 0 Å². The van der Waals surface area contributed by atoms with Gasteiger partial charge in [-0.05, 0) is 58.7 Å². The molecule has 0 aromatic heterocycles. The summed E-state index contributed by atoms with van der Waals surface area (Å²) in [5, 5.41) is 0. The van der Waals surface area contributed by atoms with Crippen LogP contribution in [0.2, 0.25) is 26.2 Å². The van der Waals surface area contributed by atoms with Gasteiger partial charge in [0.25, 0.3) is 0 Å². The van der Waals surface area contributed by atoms with Gasteiger partial charge in [0.1, 0.15) is 0 Å². The van der Waals surface area contributed by atoms with E-state index in [1.165, 1.54) is 0 Å². The van der Waals surface area contributed by atoms with Gasteiger partial charge in [-0.2, -0.15) is 0 Å². The van der Waals surface area contributed by atoms with E-state index in [0.717, 1.165) is 12.8 Å². The van der Waals surface area contributed by atoms with Gasteiger partial charge < -0.3 is 9.59 Å². The van der Waals surface area contributed by atoms with Gasteiger partial charge >= 0.3 is 0 Å². The summed E-state index contributed by atoms with van der Waals surface area (Å²) >= 11 is 0. The summed E-state index contributed by atoms with van der Waals surface area (Å²) in [6.07, 6.45) is 2.05. The monoisotopic (exact) mass is 362 g/mol. The van der Waals surface area contributed by atoms with E-state index in [9.17, 15) is 9.59 Å². The molecule has 2 nitrogen and oxygen atoms in total. The van der Waals surface area contributed by atoms with Crippen molar-refractivity contribution >= 4 is 57.9 Å². The van der Waals surface area contributed by atoms with Crippen LogP contribution in [0.1, 0.15) is 26.7 Å². The molecular weight excluding hydrogens is 337 g/mol.